The molecule has 0 unspecified atom stereocenters. The maximum atomic E-state index is 12.7. The molecule has 2 N–H and O–H groups in total. The Morgan fingerprint density at radius 2 is 0.784 bits per heavy atom. The molecule has 7 heteroatoms. The molecule has 0 saturated carbocycles. The third kappa shape index (κ3) is 9.26. The van der Waals surface area contributed by atoms with E-state index in [0.29, 0.717) is 11.5 Å². The molecule has 0 fully saturated rings. The second kappa shape index (κ2) is 12.3. The van der Waals surface area contributed by atoms with E-state index in [4.69, 9.17) is 9.05 Å². The first-order valence-electron chi connectivity index (χ1n) is 12.7. The Labute approximate surface area is 255 Å². The molecule has 0 aliphatic carbocycles. The summed E-state index contributed by atoms with van der Waals surface area (Å²) in [6.45, 7) is 24.9. The van der Waals surface area contributed by atoms with Crippen LogP contribution in [-0.4, -0.2) is 48.0 Å². The molecule has 0 heterocycles. The molecule has 5 nitrogen and oxygen atoms in total. The van der Waals surface area contributed by atoms with Crippen molar-refractivity contribution in [1.82, 2.24) is 0 Å². The van der Waals surface area contributed by atoms with Crippen LogP contribution in [-0.2, 0) is 48.5 Å². The Bertz CT molecular complexity index is 955. The molecule has 204 valence electrons. The van der Waals surface area contributed by atoms with E-state index in [1.807, 2.05) is 24.3 Å². The zero-order valence-corrected chi connectivity index (χ0v) is 28.3. The summed E-state index contributed by atoms with van der Waals surface area (Å²) in [4.78, 5) is 0. The Morgan fingerprint density at radius 3 is 0.973 bits per heavy atom. The average Bonchev–Trinajstić information content (AvgIpc) is 2.68. The van der Waals surface area contributed by atoms with Gasteiger partial charge in [0.15, 0.2) is 0 Å². The molecule has 2 radical (unpaired) electrons. The minimum atomic E-state index is -2.77. The monoisotopic (exact) mass is 558 g/mol. The van der Waals surface area contributed by atoms with Gasteiger partial charge in [-0.2, -0.15) is 0 Å². The van der Waals surface area contributed by atoms with E-state index in [1.54, 1.807) is 0 Å². The summed E-state index contributed by atoms with van der Waals surface area (Å²) in [6, 6.07) is 7.69. The number of hydrogen-bond donors (Lipinski definition) is 2. The van der Waals surface area contributed by atoms with Gasteiger partial charge in [0.2, 0.25) is 0 Å². The minimum Gasteiger partial charge on any atom is -0.507 e. The first kappa shape index (κ1) is 34.5. The maximum Gasteiger partial charge on any atom is 0.319 e. The molecule has 2 aromatic carbocycles. The van der Waals surface area contributed by atoms with Crippen molar-refractivity contribution in [2.75, 3.05) is 0 Å². The summed E-state index contributed by atoms with van der Waals surface area (Å²) in [5.74, 6) is 0.610. The molecule has 0 aliphatic heterocycles. The first-order valence-corrected chi connectivity index (χ1v) is 13.9. The fourth-order valence-corrected chi connectivity index (χ4v) is 4.82. The Kier molecular flexibility index (Phi) is 11.5. The molecule has 0 saturated heterocycles. The molecule has 0 amide bonds. The Morgan fingerprint density at radius 1 is 0.568 bits per heavy atom. The van der Waals surface area contributed by atoms with Gasteiger partial charge in [-0.15, -0.1) is 0 Å². The fourth-order valence-electron chi connectivity index (χ4n) is 4.17. The molecule has 37 heavy (non-hydrogen) atoms. The van der Waals surface area contributed by atoms with Gasteiger partial charge < -0.3 is 19.3 Å². The molecule has 0 bridgehead atoms. The summed E-state index contributed by atoms with van der Waals surface area (Å²) >= 11 is 0. The van der Waals surface area contributed by atoms with Crippen LogP contribution in [0, 0.1) is 0 Å². The van der Waals surface area contributed by atoms with E-state index in [0.717, 1.165) is 33.4 Å². The van der Waals surface area contributed by atoms with Crippen LogP contribution < -0.4 is 0 Å². The van der Waals surface area contributed by atoms with E-state index in [1.165, 1.54) is 0 Å². The predicted octanol–water partition coefficient (Wildman–Crippen LogP) is 8.03. The standard InChI is InChI=1S/C30H47O5P.Ca/c1-27(2,3)21-13-19(14-22(25(21)31)28(4,5)6)17-34-36(33)35-18-20-15-23(29(7,8)9)26(32)24(16-20)30(10,11)12;/h13-16,31-32,36H,17-18H2,1-12H3;. The van der Waals surface area contributed by atoms with Gasteiger partial charge in [-0.05, 0) is 79.3 Å². The third-order valence-corrected chi connectivity index (χ3v) is 7.04. The summed E-state index contributed by atoms with van der Waals surface area (Å²) < 4.78 is 24.0. The van der Waals surface area contributed by atoms with Gasteiger partial charge in [0.25, 0.3) is 0 Å². The van der Waals surface area contributed by atoms with Crippen LogP contribution in [0.3, 0.4) is 0 Å². The quantitative estimate of drug-likeness (QED) is 0.277. The summed E-state index contributed by atoms with van der Waals surface area (Å²) in [7, 11) is -2.77. The molecule has 0 aromatic heterocycles. The van der Waals surface area contributed by atoms with Crippen molar-refractivity contribution in [1.29, 1.82) is 0 Å². The largest absolute Gasteiger partial charge is 0.507 e. The number of benzene rings is 2. The van der Waals surface area contributed by atoms with E-state index in [9.17, 15) is 14.8 Å². The molecule has 0 atom stereocenters. The van der Waals surface area contributed by atoms with Gasteiger partial charge in [0.05, 0.1) is 13.2 Å². The maximum absolute atomic E-state index is 12.7. The van der Waals surface area contributed by atoms with Crippen molar-refractivity contribution in [2.24, 2.45) is 0 Å². The molecular formula is C30H47CaO5P. The van der Waals surface area contributed by atoms with E-state index in [2.05, 4.69) is 83.1 Å². The normalized spacial score (nSPS) is 13.1. The van der Waals surface area contributed by atoms with E-state index < -0.39 is 8.25 Å². The third-order valence-electron chi connectivity index (χ3n) is 6.28. The number of rotatable bonds is 6. The molecule has 2 aromatic rings. The van der Waals surface area contributed by atoms with Crippen molar-refractivity contribution in [3.05, 3.63) is 57.6 Å². The van der Waals surface area contributed by atoms with Crippen LogP contribution in [0.2, 0.25) is 0 Å². The zero-order chi connectivity index (χ0) is 27.9. The Hall–Kier alpha value is -0.550. The minimum absolute atomic E-state index is 0. The van der Waals surface area contributed by atoms with Gasteiger partial charge in [-0.3, -0.25) is 4.57 Å². The van der Waals surface area contributed by atoms with Crippen LogP contribution in [0.5, 0.6) is 11.5 Å². The van der Waals surface area contributed by atoms with Crippen molar-refractivity contribution in [3.8, 4) is 11.5 Å². The average molecular weight is 559 g/mol. The van der Waals surface area contributed by atoms with Gasteiger partial charge >= 0.3 is 8.25 Å². The van der Waals surface area contributed by atoms with Crippen molar-refractivity contribution < 1.29 is 23.8 Å². The van der Waals surface area contributed by atoms with Crippen molar-refractivity contribution >= 4 is 46.0 Å². The number of phenols is 2. The van der Waals surface area contributed by atoms with Gasteiger partial charge in [0.1, 0.15) is 11.5 Å². The number of hydrogen-bond acceptors (Lipinski definition) is 5. The van der Waals surface area contributed by atoms with E-state index in [-0.39, 0.29) is 72.6 Å². The topological polar surface area (TPSA) is 76.0 Å². The summed E-state index contributed by atoms with van der Waals surface area (Å²) in [5, 5.41) is 21.8. The SMILES string of the molecule is CC(C)(C)c1cc(CO[PH](=O)OCc2cc(C(C)(C)C)c(O)c(C(C)(C)C)c2)cc(C(C)(C)C)c1O.[Ca]. The summed E-state index contributed by atoms with van der Waals surface area (Å²) in [6.07, 6.45) is 0. The van der Waals surface area contributed by atoms with Crippen LogP contribution in [0.1, 0.15) is 116 Å². The molecule has 0 spiro atoms. The van der Waals surface area contributed by atoms with Gasteiger partial charge in [-0.1, -0.05) is 83.1 Å². The number of phenolic OH excluding ortho intramolecular Hbond substituents is 2. The van der Waals surface area contributed by atoms with E-state index >= 15 is 0 Å². The zero-order valence-electron chi connectivity index (χ0n) is 25.0. The van der Waals surface area contributed by atoms with Crippen molar-refractivity contribution in [3.63, 3.8) is 0 Å². The van der Waals surface area contributed by atoms with Crippen LogP contribution in [0.25, 0.3) is 0 Å². The number of aromatic hydroxyl groups is 2. The van der Waals surface area contributed by atoms with Crippen LogP contribution >= 0.6 is 8.25 Å². The van der Waals surface area contributed by atoms with Crippen molar-refractivity contribution in [2.45, 2.75) is 118 Å². The molecule has 2 rings (SSSR count). The smallest absolute Gasteiger partial charge is 0.319 e. The van der Waals surface area contributed by atoms with Crippen LogP contribution in [0.4, 0.5) is 0 Å². The first-order chi connectivity index (χ1) is 16.1. The molecular weight excluding hydrogens is 511 g/mol. The molecule has 0 aliphatic rings. The van der Waals surface area contributed by atoms with Gasteiger partial charge in [0, 0.05) is 37.7 Å². The second-order valence-corrected chi connectivity index (χ2v) is 15.0. The second-order valence-electron chi connectivity index (χ2n) is 13.9. The summed E-state index contributed by atoms with van der Waals surface area (Å²) in [5.41, 5.74) is 4.02. The van der Waals surface area contributed by atoms with Crippen LogP contribution in [0.15, 0.2) is 24.3 Å². The Balaban J connectivity index is 0.00000684. The predicted molar refractivity (Wildman–Crippen MR) is 155 cm³/mol. The van der Waals surface area contributed by atoms with Gasteiger partial charge in [-0.25, -0.2) is 0 Å². The fraction of sp³-hybridized carbons (Fsp3) is 0.600.